The maximum Gasteiger partial charge on any atom is 0.316 e. The van der Waals surface area contributed by atoms with Gasteiger partial charge in [-0.3, -0.25) is 9.59 Å². The van der Waals surface area contributed by atoms with Crippen molar-refractivity contribution in [3.8, 4) is 0 Å². The molecule has 1 aliphatic carbocycles. The van der Waals surface area contributed by atoms with Gasteiger partial charge in [0.1, 0.15) is 11.6 Å². The molecule has 7 heteroatoms. The lowest BCUT2D eigenvalue weighted by Gasteiger charge is -2.08. The maximum atomic E-state index is 13.4. The van der Waals surface area contributed by atoms with Crippen LogP contribution in [-0.2, 0) is 27.2 Å². The van der Waals surface area contributed by atoms with Crippen LogP contribution in [0.4, 0.5) is 14.5 Å². The second kappa shape index (κ2) is 8.31. The van der Waals surface area contributed by atoms with E-state index >= 15 is 0 Å². The second-order valence-corrected chi connectivity index (χ2v) is 6.95. The molecule has 0 atom stereocenters. The number of carbonyl (C=O) groups is 2. The molecule has 3 rings (SSSR count). The van der Waals surface area contributed by atoms with Gasteiger partial charge in [-0.25, -0.2) is 8.78 Å². The van der Waals surface area contributed by atoms with E-state index in [0.29, 0.717) is 6.07 Å². The van der Waals surface area contributed by atoms with Gasteiger partial charge in [0.2, 0.25) is 0 Å². The first-order chi connectivity index (χ1) is 12.5. The Labute approximate surface area is 153 Å². The number of fused-ring (bicyclic) bond motifs is 1. The Morgan fingerprint density at radius 2 is 1.88 bits per heavy atom. The zero-order valence-electron chi connectivity index (χ0n) is 13.9. The first kappa shape index (κ1) is 18.4. The summed E-state index contributed by atoms with van der Waals surface area (Å²) in [6, 6.07) is 8.94. The van der Waals surface area contributed by atoms with E-state index in [2.05, 4.69) is 17.4 Å². The predicted octanol–water partition coefficient (Wildman–Crippen LogP) is 3.73. The minimum atomic E-state index is -0.892. The second-order valence-electron chi connectivity index (χ2n) is 5.91. The fourth-order valence-corrected chi connectivity index (χ4v) is 3.50. The maximum absolute atomic E-state index is 13.4. The Kier molecular flexibility index (Phi) is 5.88. The number of nitrogens with one attached hydrogen (secondary N) is 1. The average Bonchev–Trinajstić information content (AvgIpc) is 3.08. The normalized spacial score (nSPS) is 12.5. The first-order valence-corrected chi connectivity index (χ1v) is 9.15. The Bertz CT molecular complexity index is 842. The summed E-state index contributed by atoms with van der Waals surface area (Å²) >= 11 is 1.35. The van der Waals surface area contributed by atoms with Crippen molar-refractivity contribution >= 4 is 29.3 Å². The summed E-state index contributed by atoms with van der Waals surface area (Å²) < 4.78 is 31.1. The molecular weight excluding hydrogens is 360 g/mol. The van der Waals surface area contributed by atoms with E-state index in [9.17, 15) is 18.4 Å². The molecule has 4 nitrogen and oxygen atoms in total. The van der Waals surface area contributed by atoms with Gasteiger partial charge >= 0.3 is 5.97 Å². The molecule has 26 heavy (non-hydrogen) atoms. The number of hydrogen-bond acceptors (Lipinski definition) is 4. The highest BCUT2D eigenvalue weighted by Gasteiger charge is 2.13. The molecule has 2 aromatic carbocycles. The number of aryl methyl sites for hydroxylation is 2. The molecule has 0 radical (unpaired) electrons. The summed E-state index contributed by atoms with van der Waals surface area (Å²) in [5.74, 6) is -2.78. The number of benzene rings is 2. The molecule has 0 saturated carbocycles. The third-order valence-electron chi connectivity index (χ3n) is 4.00. The van der Waals surface area contributed by atoms with E-state index in [1.807, 2.05) is 6.07 Å². The molecule has 1 aliphatic rings. The molecule has 0 bridgehead atoms. The number of ether oxygens (including phenoxy) is 1. The topological polar surface area (TPSA) is 55.4 Å². The highest BCUT2D eigenvalue weighted by Crippen LogP contribution is 2.27. The smallest absolute Gasteiger partial charge is 0.316 e. The zero-order chi connectivity index (χ0) is 18.5. The zero-order valence-corrected chi connectivity index (χ0v) is 14.7. The number of anilines is 1. The van der Waals surface area contributed by atoms with Crippen molar-refractivity contribution in [3.05, 3.63) is 59.2 Å². The van der Waals surface area contributed by atoms with Crippen LogP contribution in [0.2, 0.25) is 0 Å². The largest absolute Gasteiger partial charge is 0.455 e. The number of halogens is 2. The van der Waals surface area contributed by atoms with Crippen molar-refractivity contribution in [2.24, 2.45) is 0 Å². The Balaban J connectivity index is 1.43. The number of amides is 1. The van der Waals surface area contributed by atoms with Gasteiger partial charge in [-0.15, -0.1) is 11.8 Å². The lowest BCUT2D eigenvalue weighted by Crippen LogP contribution is -2.22. The van der Waals surface area contributed by atoms with Crippen LogP contribution < -0.4 is 5.32 Å². The van der Waals surface area contributed by atoms with Gasteiger partial charge in [0.25, 0.3) is 5.91 Å². The summed E-state index contributed by atoms with van der Waals surface area (Å²) in [7, 11) is 0. The molecule has 0 spiro atoms. The highest BCUT2D eigenvalue weighted by molar-refractivity contribution is 8.00. The van der Waals surface area contributed by atoms with Gasteiger partial charge in [-0.05, 0) is 54.7 Å². The number of hydrogen-bond donors (Lipinski definition) is 1. The molecule has 0 aliphatic heterocycles. The number of carbonyl (C=O) groups excluding carboxylic acids is 2. The molecule has 0 fully saturated rings. The fraction of sp³-hybridized carbons (Fsp3) is 0.263. The Morgan fingerprint density at radius 3 is 2.69 bits per heavy atom. The summed E-state index contributed by atoms with van der Waals surface area (Å²) in [5, 5.41) is 2.23. The number of rotatable bonds is 6. The van der Waals surface area contributed by atoms with Crippen LogP contribution in [0.15, 0.2) is 41.3 Å². The van der Waals surface area contributed by atoms with Gasteiger partial charge in [0.15, 0.2) is 6.61 Å². The summed E-state index contributed by atoms with van der Waals surface area (Å²) in [6.45, 7) is -0.527. The van der Waals surface area contributed by atoms with Crippen molar-refractivity contribution in [2.75, 3.05) is 17.7 Å². The third-order valence-corrected chi connectivity index (χ3v) is 4.96. The lowest BCUT2D eigenvalue weighted by atomic mass is 10.1. The number of esters is 1. The van der Waals surface area contributed by atoms with Crippen LogP contribution in [0, 0.1) is 11.6 Å². The van der Waals surface area contributed by atoms with E-state index in [1.165, 1.54) is 22.9 Å². The molecule has 0 unspecified atom stereocenters. The fourth-order valence-electron chi connectivity index (χ4n) is 2.75. The van der Waals surface area contributed by atoms with Gasteiger partial charge in [0.05, 0.1) is 11.4 Å². The quantitative estimate of drug-likeness (QED) is 0.616. The van der Waals surface area contributed by atoms with E-state index < -0.39 is 30.1 Å². The molecule has 1 N–H and O–H groups in total. The van der Waals surface area contributed by atoms with E-state index in [0.717, 1.165) is 36.3 Å². The summed E-state index contributed by atoms with van der Waals surface area (Å²) in [5.41, 5.74) is 2.52. The minimum Gasteiger partial charge on any atom is -0.455 e. The van der Waals surface area contributed by atoms with Crippen molar-refractivity contribution in [1.29, 1.82) is 0 Å². The van der Waals surface area contributed by atoms with E-state index in [-0.39, 0.29) is 11.4 Å². The van der Waals surface area contributed by atoms with Gasteiger partial charge in [0, 0.05) is 11.0 Å². The standard InChI is InChI=1S/C19H17F2NO3S/c20-14-5-7-17(16(21)9-14)22-18(23)10-25-19(24)11-26-15-6-4-12-2-1-3-13(12)8-15/h4-9H,1-3,10-11H2,(H,22,23). The average molecular weight is 377 g/mol. The predicted molar refractivity (Wildman–Crippen MR) is 95.1 cm³/mol. The van der Waals surface area contributed by atoms with Crippen molar-refractivity contribution in [3.63, 3.8) is 0 Å². The monoisotopic (exact) mass is 377 g/mol. The minimum absolute atomic E-state index is 0.0803. The van der Waals surface area contributed by atoms with Crippen LogP contribution in [0.5, 0.6) is 0 Å². The first-order valence-electron chi connectivity index (χ1n) is 8.16. The molecule has 0 heterocycles. The molecule has 1 amide bonds. The van der Waals surface area contributed by atoms with Crippen LogP contribution in [0.25, 0.3) is 0 Å². The molecule has 0 aromatic heterocycles. The van der Waals surface area contributed by atoms with Crippen molar-refractivity contribution in [2.45, 2.75) is 24.2 Å². The van der Waals surface area contributed by atoms with Crippen molar-refractivity contribution < 1.29 is 23.1 Å². The van der Waals surface area contributed by atoms with E-state index in [4.69, 9.17) is 4.74 Å². The SMILES string of the molecule is O=C(COC(=O)CSc1ccc2c(c1)CCC2)Nc1ccc(F)cc1F. The molecule has 0 saturated heterocycles. The van der Waals surface area contributed by atoms with Crippen molar-refractivity contribution in [1.82, 2.24) is 0 Å². The van der Waals surface area contributed by atoms with Crippen LogP contribution in [-0.4, -0.2) is 24.2 Å². The van der Waals surface area contributed by atoms with Crippen LogP contribution in [0.3, 0.4) is 0 Å². The van der Waals surface area contributed by atoms with Crippen LogP contribution >= 0.6 is 11.8 Å². The van der Waals surface area contributed by atoms with Gasteiger partial charge < -0.3 is 10.1 Å². The molecule has 2 aromatic rings. The summed E-state index contributed by atoms with van der Waals surface area (Å²) in [6.07, 6.45) is 3.33. The number of thioether (sulfide) groups is 1. The van der Waals surface area contributed by atoms with Gasteiger partial charge in [-0.2, -0.15) is 0 Å². The molecule has 136 valence electrons. The van der Waals surface area contributed by atoms with Crippen LogP contribution in [0.1, 0.15) is 17.5 Å². The summed E-state index contributed by atoms with van der Waals surface area (Å²) in [4.78, 5) is 24.5. The third kappa shape index (κ3) is 4.82. The highest BCUT2D eigenvalue weighted by atomic mass is 32.2. The lowest BCUT2D eigenvalue weighted by molar-refractivity contribution is -0.144. The Morgan fingerprint density at radius 1 is 1.08 bits per heavy atom. The van der Waals surface area contributed by atoms with E-state index in [1.54, 1.807) is 0 Å². The van der Waals surface area contributed by atoms with Gasteiger partial charge in [-0.1, -0.05) is 6.07 Å². The Hall–Kier alpha value is -2.41. The molecular formula is C19H17F2NO3S.